The predicted octanol–water partition coefficient (Wildman–Crippen LogP) is 3.52. The van der Waals surface area contributed by atoms with E-state index < -0.39 is 0 Å². The molecule has 0 radical (unpaired) electrons. The van der Waals surface area contributed by atoms with Crippen LogP contribution in [0.1, 0.15) is 32.9 Å². The van der Waals surface area contributed by atoms with Gasteiger partial charge in [-0.1, -0.05) is 44.2 Å². The van der Waals surface area contributed by atoms with Crippen LogP contribution in [-0.2, 0) is 13.1 Å². The molecule has 0 saturated carbocycles. The Hall–Kier alpha value is -1.39. The fourth-order valence-corrected chi connectivity index (χ4v) is 2.06. The van der Waals surface area contributed by atoms with Crippen LogP contribution in [0.15, 0.2) is 30.3 Å². The lowest BCUT2D eigenvalue weighted by molar-refractivity contribution is 0.526. The molecule has 1 N–H and O–H groups in total. The van der Waals surface area contributed by atoms with E-state index in [1.54, 1.807) is 4.80 Å². The number of aromatic nitrogens is 3. The van der Waals surface area contributed by atoms with Crippen LogP contribution >= 0.6 is 12.4 Å². The number of hydrogen-bond acceptors (Lipinski definition) is 3. The molecule has 0 aliphatic heterocycles. The van der Waals surface area contributed by atoms with Crippen molar-refractivity contribution in [1.29, 1.82) is 0 Å². The lowest BCUT2D eigenvalue weighted by atomic mass is 10.1. The number of nitrogens with zero attached hydrogens (tertiary/aromatic N) is 3. The monoisotopic (exact) mass is 308 g/mol. The highest BCUT2D eigenvalue weighted by Gasteiger charge is 2.11. The van der Waals surface area contributed by atoms with Gasteiger partial charge in [-0.05, 0) is 25.8 Å². The van der Waals surface area contributed by atoms with Crippen molar-refractivity contribution in [2.24, 2.45) is 5.92 Å². The van der Waals surface area contributed by atoms with Crippen molar-refractivity contribution in [2.45, 2.75) is 40.3 Å². The highest BCUT2D eigenvalue weighted by atomic mass is 35.5. The maximum Gasteiger partial charge on any atom is 0.117 e. The molecule has 1 aromatic heterocycles. The standard InChI is InChI=1S/C16H24N4.ClH/c1-4-20-18-15(12-17-11-10-13(2)3)16(19-20)14-8-6-5-7-9-14;/h5-9,13,17H,4,10-12H2,1-3H3;1H. The van der Waals surface area contributed by atoms with E-state index in [4.69, 9.17) is 0 Å². The van der Waals surface area contributed by atoms with Crippen LogP contribution in [0.3, 0.4) is 0 Å². The zero-order valence-corrected chi connectivity index (χ0v) is 13.9. The minimum atomic E-state index is 0. The molecule has 21 heavy (non-hydrogen) atoms. The van der Waals surface area contributed by atoms with E-state index in [2.05, 4.69) is 48.4 Å². The molecule has 0 atom stereocenters. The summed E-state index contributed by atoms with van der Waals surface area (Å²) in [4.78, 5) is 1.77. The molecule has 0 aliphatic carbocycles. The molecule has 0 saturated heterocycles. The van der Waals surface area contributed by atoms with Gasteiger partial charge in [-0.3, -0.25) is 0 Å². The Balaban J connectivity index is 0.00000220. The van der Waals surface area contributed by atoms with Crippen molar-refractivity contribution in [3.05, 3.63) is 36.0 Å². The summed E-state index contributed by atoms with van der Waals surface area (Å²) >= 11 is 0. The summed E-state index contributed by atoms with van der Waals surface area (Å²) in [6, 6.07) is 10.3. The second-order valence-corrected chi connectivity index (χ2v) is 5.41. The largest absolute Gasteiger partial charge is 0.311 e. The first kappa shape index (κ1) is 17.7. The van der Waals surface area contributed by atoms with Crippen LogP contribution in [-0.4, -0.2) is 21.5 Å². The van der Waals surface area contributed by atoms with E-state index in [1.165, 1.54) is 6.42 Å². The summed E-state index contributed by atoms with van der Waals surface area (Å²) in [6.45, 7) is 9.13. The molecule has 2 aromatic rings. The molecule has 0 amide bonds. The molecule has 5 heteroatoms. The van der Waals surface area contributed by atoms with Crippen LogP contribution < -0.4 is 5.32 Å². The molecule has 0 bridgehead atoms. The zero-order chi connectivity index (χ0) is 14.4. The lowest BCUT2D eigenvalue weighted by Gasteiger charge is -2.06. The first-order chi connectivity index (χ1) is 9.70. The van der Waals surface area contributed by atoms with Crippen LogP contribution in [0.2, 0.25) is 0 Å². The van der Waals surface area contributed by atoms with E-state index in [9.17, 15) is 0 Å². The molecule has 1 heterocycles. The molecule has 2 rings (SSSR count). The summed E-state index contributed by atoms with van der Waals surface area (Å²) in [5.41, 5.74) is 3.15. The van der Waals surface area contributed by atoms with Crippen molar-refractivity contribution in [2.75, 3.05) is 6.54 Å². The fraction of sp³-hybridized carbons (Fsp3) is 0.500. The highest BCUT2D eigenvalue weighted by Crippen LogP contribution is 2.19. The molecule has 0 unspecified atom stereocenters. The summed E-state index contributed by atoms with van der Waals surface area (Å²) in [5, 5.41) is 12.6. The minimum absolute atomic E-state index is 0. The molecular weight excluding hydrogens is 284 g/mol. The topological polar surface area (TPSA) is 42.7 Å². The van der Waals surface area contributed by atoms with Crippen molar-refractivity contribution >= 4 is 12.4 Å². The maximum atomic E-state index is 4.58. The smallest absolute Gasteiger partial charge is 0.117 e. The third kappa shape index (κ3) is 5.14. The number of benzene rings is 1. The molecule has 0 spiro atoms. The third-order valence-corrected chi connectivity index (χ3v) is 3.25. The summed E-state index contributed by atoms with van der Waals surface area (Å²) in [5.74, 6) is 0.724. The highest BCUT2D eigenvalue weighted by molar-refractivity contribution is 5.85. The summed E-state index contributed by atoms with van der Waals surface area (Å²) < 4.78 is 0. The van der Waals surface area contributed by atoms with Crippen molar-refractivity contribution < 1.29 is 0 Å². The van der Waals surface area contributed by atoms with Gasteiger partial charge in [0.05, 0.1) is 6.54 Å². The van der Waals surface area contributed by atoms with Gasteiger partial charge in [0.25, 0.3) is 0 Å². The molecule has 0 fully saturated rings. The van der Waals surface area contributed by atoms with Gasteiger partial charge >= 0.3 is 0 Å². The van der Waals surface area contributed by atoms with Crippen LogP contribution in [0.4, 0.5) is 0 Å². The predicted molar refractivity (Wildman–Crippen MR) is 89.5 cm³/mol. The SMILES string of the molecule is CCn1nc(CNCCC(C)C)c(-c2ccccc2)n1.Cl. The van der Waals surface area contributed by atoms with E-state index >= 15 is 0 Å². The van der Waals surface area contributed by atoms with Crippen molar-refractivity contribution in [3.8, 4) is 11.3 Å². The Morgan fingerprint density at radius 1 is 1.14 bits per heavy atom. The van der Waals surface area contributed by atoms with E-state index in [0.717, 1.165) is 42.5 Å². The van der Waals surface area contributed by atoms with Gasteiger partial charge in [-0.2, -0.15) is 15.0 Å². The van der Waals surface area contributed by atoms with Gasteiger partial charge in [-0.25, -0.2) is 0 Å². The third-order valence-electron chi connectivity index (χ3n) is 3.25. The van der Waals surface area contributed by atoms with Gasteiger partial charge < -0.3 is 5.32 Å². The molecular formula is C16H25ClN4. The summed E-state index contributed by atoms with van der Waals surface area (Å²) in [6.07, 6.45) is 1.18. The van der Waals surface area contributed by atoms with Crippen molar-refractivity contribution in [1.82, 2.24) is 20.3 Å². The van der Waals surface area contributed by atoms with Crippen LogP contribution in [0.25, 0.3) is 11.3 Å². The minimum Gasteiger partial charge on any atom is -0.311 e. The Bertz CT molecular complexity index is 522. The zero-order valence-electron chi connectivity index (χ0n) is 13.0. The Kier molecular flexibility index (Phi) is 7.40. The van der Waals surface area contributed by atoms with Gasteiger partial charge in [0.15, 0.2) is 0 Å². The second-order valence-electron chi connectivity index (χ2n) is 5.41. The lowest BCUT2D eigenvalue weighted by Crippen LogP contribution is -2.17. The first-order valence-corrected chi connectivity index (χ1v) is 7.40. The van der Waals surface area contributed by atoms with Crippen molar-refractivity contribution in [3.63, 3.8) is 0 Å². The number of hydrogen-bond donors (Lipinski definition) is 1. The van der Waals surface area contributed by atoms with Gasteiger partial charge in [-0.15, -0.1) is 12.4 Å². The van der Waals surface area contributed by atoms with E-state index in [1.807, 2.05) is 18.2 Å². The van der Waals surface area contributed by atoms with Gasteiger partial charge in [0.2, 0.25) is 0 Å². The molecule has 116 valence electrons. The maximum absolute atomic E-state index is 4.58. The van der Waals surface area contributed by atoms with Crippen LogP contribution in [0.5, 0.6) is 0 Å². The number of halogens is 1. The van der Waals surface area contributed by atoms with Gasteiger partial charge in [0.1, 0.15) is 11.4 Å². The Morgan fingerprint density at radius 2 is 1.86 bits per heavy atom. The van der Waals surface area contributed by atoms with E-state index in [-0.39, 0.29) is 12.4 Å². The Morgan fingerprint density at radius 3 is 2.48 bits per heavy atom. The summed E-state index contributed by atoms with van der Waals surface area (Å²) in [7, 11) is 0. The van der Waals surface area contributed by atoms with Gasteiger partial charge in [0, 0.05) is 12.1 Å². The molecule has 1 aromatic carbocycles. The number of aryl methyl sites for hydroxylation is 1. The average molecular weight is 309 g/mol. The molecule has 0 aliphatic rings. The quantitative estimate of drug-likeness (QED) is 0.796. The second kappa shape index (κ2) is 8.80. The molecule has 4 nitrogen and oxygen atoms in total. The average Bonchev–Trinajstić information content (AvgIpc) is 2.88. The normalized spacial score (nSPS) is 10.7. The number of nitrogens with one attached hydrogen (secondary N) is 1. The first-order valence-electron chi connectivity index (χ1n) is 7.40. The van der Waals surface area contributed by atoms with Crippen LogP contribution in [0, 0.1) is 5.92 Å². The Labute approximate surface area is 133 Å². The van der Waals surface area contributed by atoms with E-state index in [0.29, 0.717) is 0 Å². The fourth-order valence-electron chi connectivity index (χ4n) is 2.06. The number of rotatable bonds is 7.